The minimum Gasteiger partial charge on any atom is -0.350 e. The Balaban J connectivity index is 1.44. The monoisotopic (exact) mass is 349 g/mol. The Kier molecular flexibility index (Phi) is 4.52. The summed E-state index contributed by atoms with van der Waals surface area (Å²) in [6.45, 7) is 0.600. The molecule has 1 aliphatic carbocycles. The van der Waals surface area contributed by atoms with Crippen LogP contribution in [0, 0.1) is 5.82 Å². The fraction of sp³-hybridized carbons (Fsp3) is 0.238. The normalized spacial score (nSPS) is 16.1. The van der Waals surface area contributed by atoms with E-state index in [2.05, 4.69) is 34.7 Å². The lowest BCUT2D eigenvalue weighted by molar-refractivity contribution is 0.0945. The summed E-state index contributed by atoms with van der Waals surface area (Å²) in [5, 5.41) is 7.26. The number of aryl methyl sites for hydroxylation is 1. The van der Waals surface area contributed by atoms with Gasteiger partial charge in [0.25, 0.3) is 5.91 Å². The zero-order valence-electron chi connectivity index (χ0n) is 14.4. The molecule has 26 heavy (non-hydrogen) atoms. The van der Waals surface area contributed by atoms with E-state index in [-0.39, 0.29) is 11.7 Å². The smallest absolute Gasteiger partial charge is 0.271 e. The summed E-state index contributed by atoms with van der Waals surface area (Å²) in [5.74, 6) is -0.197. The Morgan fingerprint density at radius 1 is 1.19 bits per heavy atom. The average Bonchev–Trinajstić information content (AvgIpc) is 3.16. The van der Waals surface area contributed by atoms with Crippen molar-refractivity contribution in [1.82, 2.24) is 15.1 Å². The molecule has 1 amide bonds. The molecule has 0 fully saturated rings. The summed E-state index contributed by atoms with van der Waals surface area (Å²) in [6, 6.07) is 16.2. The maximum atomic E-state index is 13.3. The van der Waals surface area contributed by atoms with E-state index in [4.69, 9.17) is 0 Å². The fourth-order valence-electron chi connectivity index (χ4n) is 3.58. The van der Waals surface area contributed by atoms with Gasteiger partial charge in [0.15, 0.2) is 5.69 Å². The molecule has 1 heterocycles. The van der Waals surface area contributed by atoms with Crippen molar-refractivity contribution >= 4 is 5.91 Å². The van der Waals surface area contributed by atoms with Crippen LogP contribution in [0.2, 0.25) is 0 Å². The third-order valence-corrected chi connectivity index (χ3v) is 4.90. The summed E-state index contributed by atoms with van der Waals surface area (Å²) in [4.78, 5) is 12.4. The lowest BCUT2D eigenvalue weighted by atomic mass is 9.83. The van der Waals surface area contributed by atoms with Gasteiger partial charge in [0, 0.05) is 18.7 Å². The standard InChI is InChI=1S/C21H20FN3O/c22-17-8-4-9-18(13-17)25-12-11-20(24-25)21(26)23-14-16-7-3-6-15-5-1-2-10-19(15)16/h1-2,4-5,8-13,16H,3,6-7,14H2,(H,23,26). The van der Waals surface area contributed by atoms with Crippen LogP contribution in [0.5, 0.6) is 0 Å². The van der Waals surface area contributed by atoms with Crippen molar-refractivity contribution in [2.45, 2.75) is 25.2 Å². The molecule has 4 rings (SSSR count). The van der Waals surface area contributed by atoms with Crippen LogP contribution in [0.1, 0.15) is 40.4 Å². The van der Waals surface area contributed by atoms with Gasteiger partial charge in [-0.25, -0.2) is 9.07 Å². The molecular weight excluding hydrogens is 329 g/mol. The SMILES string of the molecule is O=C(NCC1CCCc2ccccc21)c1ccn(-c2cccc(F)c2)n1. The first-order chi connectivity index (χ1) is 12.7. The number of nitrogens with one attached hydrogen (secondary N) is 1. The van der Waals surface area contributed by atoms with Gasteiger partial charge in [-0.2, -0.15) is 5.10 Å². The summed E-state index contributed by atoms with van der Waals surface area (Å²) in [6.07, 6.45) is 5.00. The highest BCUT2D eigenvalue weighted by Gasteiger charge is 2.21. The number of carbonyl (C=O) groups is 1. The van der Waals surface area contributed by atoms with Gasteiger partial charge in [0.1, 0.15) is 5.82 Å². The van der Waals surface area contributed by atoms with Crippen molar-refractivity contribution in [1.29, 1.82) is 0 Å². The zero-order valence-corrected chi connectivity index (χ0v) is 14.4. The fourth-order valence-corrected chi connectivity index (χ4v) is 3.58. The van der Waals surface area contributed by atoms with Crippen LogP contribution in [0.15, 0.2) is 60.8 Å². The van der Waals surface area contributed by atoms with E-state index in [0.717, 1.165) is 19.3 Å². The van der Waals surface area contributed by atoms with Crippen molar-refractivity contribution in [3.8, 4) is 5.69 Å². The molecule has 0 radical (unpaired) electrons. The Hall–Kier alpha value is -2.95. The largest absolute Gasteiger partial charge is 0.350 e. The minimum absolute atomic E-state index is 0.205. The quantitative estimate of drug-likeness (QED) is 0.777. The molecule has 1 aliphatic rings. The van der Waals surface area contributed by atoms with Gasteiger partial charge < -0.3 is 5.32 Å². The van der Waals surface area contributed by atoms with Gasteiger partial charge in [0.2, 0.25) is 0 Å². The molecule has 1 unspecified atom stereocenters. The second kappa shape index (κ2) is 7.12. The molecule has 0 saturated heterocycles. The van der Waals surface area contributed by atoms with Crippen molar-refractivity contribution in [3.05, 3.63) is 83.4 Å². The Labute approximate surface area is 151 Å². The molecule has 0 spiro atoms. The highest BCUT2D eigenvalue weighted by atomic mass is 19.1. The molecular formula is C21H20FN3O. The van der Waals surface area contributed by atoms with Crippen LogP contribution in [0.25, 0.3) is 5.69 Å². The average molecular weight is 349 g/mol. The molecule has 1 aromatic heterocycles. The Morgan fingerprint density at radius 3 is 2.96 bits per heavy atom. The first-order valence-corrected chi connectivity index (χ1v) is 8.88. The molecule has 1 atom stereocenters. The van der Waals surface area contributed by atoms with Crippen LogP contribution < -0.4 is 5.32 Å². The minimum atomic E-state index is -0.333. The van der Waals surface area contributed by atoms with Gasteiger partial charge in [-0.15, -0.1) is 0 Å². The van der Waals surface area contributed by atoms with Gasteiger partial charge >= 0.3 is 0 Å². The highest BCUT2D eigenvalue weighted by molar-refractivity contribution is 5.92. The number of hydrogen-bond acceptors (Lipinski definition) is 2. The van der Waals surface area contributed by atoms with Gasteiger partial charge in [-0.05, 0) is 54.7 Å². The summed E-state index contributed by atoms with van der Waals surface area (Å²) in [5.41, 5.74) is 3.64. The second-order valence-electron chi connectivity index (χ2n) is 6.62. The molecule has 0 saturated carbocycles. The van der Waals surface area contributed by atoms with E-state index < -0.39 is 0 Å². The molecule has 132 valence electrons. The number of nitrogens with zero attached hydrogens (tertiary/aromatic N) is 2. The molecule has 3 aromatic rings. The molecule has 1 N–H and O–H groups in total. The van der Waals surface area contributed by atoms with Crippen molar-refractivity contribution < 1.29 is 9.18 Å². The van der Waals surface area contributed by atoms with Gasteiger partial charge in [0.05, 0.1) is 5.69 Å². The number of amides is 1. The molecule has 5 heteroatoms. The van der Waals surface area contributed by atoms with E-state index in [1.54, 1.807) is 24.4 Å². The van der Waals surface area contributed by atoms with Gasteiger partial charge in [-0.3, -0.25) is 4.79 Å². The van der Waals surface area contributed by atoms with Crippen molar-refractivity contribution in [3.63, 3.8) is 0 Å². The predicted molar refractivity (Wildman–Crippen MR) is 98.0 cm³/mol. The van der Waals surface area contributed by atoms with Crippen LogP contribution in [0.3, 0.4) is 0 Å². The lowest BCUT2D eigenvalue weighted by Gasteiger charge is -2.25. The first-order valence-electron chi connectivity index (χ1n) is 8.88. The molecule has 0 aliphatic heterocycles. The van der Waals surface area contributed by atoms with E-state index in [1.165, 1.54) is 27.9 Å². The Bertz CT molecular complexity index is 934. The number of rotatable bonds is 4. The molecule has 2 aromatic carbocycles. The second-order valence-corrected chi connectivity index (χ2v) is 6.62. The third kappa shape index (κ3) is 3.38. The lowest BCUT2D eigenvalue weighted by Crippen LogP contribution is -2.30. The van der Waals surface area contributed by atoms with Crippen LogP contribution >= 0.6 is 0 Å². The maximum Gasteiger partial charge on any atom is 0.271 e. The Morgan fingerprint density at radius 2 is 2.08 bits per heavy atom. The predicted octanol–water partition coefficient (Wildman–Crippen LogP) is 3.86. The third-order valence-electron chi connectivity index (χ3n) is 4.90. The topological polar surface area (TPSA) is 46.9 Å². The van der Waals surface area contributed by atoms with E-state index in [9.17, 15) is 9.18 Å². The number of benzene rings is 2. The van der Waals surface area contributed by atoms with Crippen LogP contribution in [0.4, 0.5) is 4.39 Å². The zero-order chi connectivity index (χ0) is 17.9. The van der Waals surface area contributed by atoms with Crippen molar-refractivity contribution in [2.75, 3.05) is 6.54 Å². The number of fused-ring (bicyclic) bond motifs is 1. The van der Waals surface area contributed by atoms with Crippen LogP contribution in [-0.2, 0) is 6.42 Å². The summed E-state index contributed by atoms with van der Waals surface area (Å²) < 4.78 is 14.9. The number of aromatic nitrogens is 2. The van der Waals surface area contributed by atoms with Gasteiger partial charge in [-0.1, -0.05) is 30.3 Å². The summed E-state index contributed by atoms with van der Waals surface area (Å²) in [7, 11) is 0. The number of hydrogen-bond donors (Lipinski definition) is 1. The number of carbonyl (C=O) groups excluding carboxylic acids is 1. The van der Waals surface area contributed by atoms with Crippen LogP contribution in [-0.4, -0.2) is 22.2 Å². The first kappa shape index (κ1) is 16.5. The number of halogens is 1. The molecule has 4 nitrogen and oxygen atoms in total. The highest BCUT2D eigenvalue weighted by Crippen LogP contribution is 2.30. The van der Waals surface area contributed by atoms with E-state index in [0.29, 0.717) is 23.8 Å². The van der Waals surface area contributed by atoms with E-state index >= 15 is 0 Å². The molecule has 0 bridgehead atoms. The van der Waals surface area contributed by atoms with E-state index in [1.807, 2.05) is 0 Å². The maximum absolute atomic E-state index is 13.3. The summed E-state index contributed by atoms with van der Waals surface area (Å²) >= 11 is 0. The van der Waals surface area contributed by atoms with Crippen molar-refractivity contribution in [2.24, 2.45) is 0 Å².